The number of alkyl halides is 3. The molecule has 0 unspecified atom stereocenters. The second-order valence-electron chi connectivity index (χ2n) is 9.80. The minimum absolute atomic E-state index is 0. The predicted octanol–water partition coefficient (Wildman–Crippen LogP) is 5.28. The maximum absolute atomic E-state index is 12.9. The predicted molar refractivity (Wildman–Crippen MR) is 153 cm³/mol. The summed E-state index contributed by atoms with van der Waals surface area (Å²) in [6.07, 6.45) is -1.74. The molecule has 41 heavy (non-hydrogen) atoms. The number of hydrogen-bond acceptors (Lipinski definition) is 9. The molecular formula is C28H28ClF3N6O2S. The molecule has 1 saturated carbocycles. The van der Waals surface area contributed by atoms with Crippen molar-refractivity contribution in [1.82, 2.24) is 20.3 Å². The highest BCUT2D eigenvalue weighted by Gasteiger charge is 2.37. The van der Waals surface area contributed by atoms with Crippen LogP contribution in [-0.4, -0.2) is 58.6 Å². The van der Waals surface area contributed by atoms with E-state index in [0.717, 1.165) is 28.0 Å². The van der Waals surface area contributed by atoms with E-state index in [1.165, 1.54) is 19.5 Å². The number of pyridine rings is 1. The van der Waals surface area contributed by atoms with Gasteiger partial charge >= 0.3 is 6.18 Å². The molecule has 1 aliphatic carbocycles. The number of thiophene rings is 1. The van der Waals surface area contributed by atoms with Crippen LogP contribution >= 0.6 is 23.7 Å². The molecule has 0 bridgehead atoms. The minimum atomic E-state index is -4.30. The van der Waals surface area contributed by atoms with Gasteiger partial charge in [0.05, 0.1) is 31.1 Å². The van der Waals surface area contributed by atoms with Crippen LogP contribution in [0.5, 0.6) is 5.75 Å². The zero-order valence-electron chi connectivity index (χ0n) is 22.2. The number of nitrogens with one attached hydrogen (secondary N) is 1. The van der Waals surface area contributed by atoms with E-state index in [1.807, 2.05) is 42.3 Å². The molecule has 0 radical (unpaired) electrons. The quantitative estimate of drug-likeness (QED) is 0.280. The number of likely N-dealkylation sites (N-methyl/N-ethyl adjacent to an activating group) is 1. The Labute approximate surface area is 245 Å². The first kappa shape index (κ1) is 30.5. The number of aromatic nitrogens is 3. The van der Waals surface area contributed by atoms with E-state index in [1.54, 1.807) is 12.3 Å². The molecule has 1 fully saturated rings. The summed E-state index contributed by atoms with van der Waals surface area (Å²) in [5.74, 6) is 0.942. The van der Waals surface area contributed by atoms with E-state index in [4.69, 9.17) is 10.00 Å². The van der Waals surface area contributed by atoms with E-state index in [-0.39, 0.29) is 35.1 Å². The van der Waals surface area contributed by atoms with Crippen LogP contribution in [0.1, 0.15) is 29.0 Å². The molecule has 8 nitrogen and oxygen atoms in total. The zero-order valence-corrected chi connectivity index (χ0v) is 23.9. The normalized spacial score (nSPS) is 18.6. The van der Waals surface area contributed by atoms with Gasteiger partial charge in [-0.2, -0.15) is 18.4 Å². The summed E-state index contributed by atoms with van der Waals surface area (Å²) in [6.45, 7) is 0.603. The summed E-state index contributed by atoms with van der Waals surface area (Å²) in [5, 5.41) is 24.1. The summed E-state index contributed by atoms with van der Waals surface area (Å²) in [4.78, 5) is 15.2. The number of aliphatic hydroxyl groups excluding tert-OH is 1. The highest BCUT2D eigenvalue weighted by Crippen LogP contribution is 2.36. The molecule has 216 valence electrons. The Morgan fingerprint density at radius 3 is 2.59 bits per heavy atom. The fourth-order valence-corrected chi connectivity index (χ4v) is 6.13. The Hall–Kier alpha value is -3.50. The Morgan fingerprint density at radius 2 is 1.90 bits per heavy atom. The number of aliphatic hydroxyl groups is 1. The van der Waals surface area contributed by atoms with Crippen LogP contribution < -0.4 is 15.0 Å². The van der Waals surface area contributed by atoms with E-state index >= 15 is 0 Å². The first-order valence-electron chi connectivity index (χ1n) is 12.6. The topological polar surface area (TPSA) is 107 Å². The van der Waals surface area contributed by atoms with Crippen LogP contribution in [-0.2, 0) is 13.0 Å². The zero-order chi connectivity index (χ0) is 28.4. The number of halogens is 4. The second kappa shape index (κ2) is 12.6. The average molecular weight is 605 g/mol. The first-order valence-corrected chi connectivity index (χ1v) is 13.4. The summed E-state index contributed by atoms with van der Waals surface area (Å²) in [5.41, 5.74) is 3.09. The van der Waals surface area contributed by atoms with E-state index in [0.29, 0.717) is 41.2 Å². The van der Waals surface area contributed by atoms with Gasteiger partial charge in [0.25, 0.3) is 0 Å². The van der Waals surface area contributed by atoms with Crippen LogP contribution in [0, 0.1) is 11.3 Å². The maximum atomic E-state index is 12.9. The number of ether oxygens (including phenoxy) is 1. The average Bonchev–Trinajstić information content (AvgIpc) is 3.52. The van der Waals surface area contributed by atoms with E-state index in [2.05, 4.69) is 20.3 Å². The lowest BCUT2D eigenvalue weighted by molar-refractivity contribution is -0.126. The van der Waals surface area contributed by atoms with E-state index < -0.39 is 18.7 Å². The van der Waals surface area contributed by atoms with Crippen molar-refractivity contribution in [3.8, 4) is 22.9 Å². The van der Waals surface area contributed by atoms with Gasteiger partial charge in [0.1, 0.15) is 23.0 Å². The van der Waals surface area contributed by atoms with Crippen molar-refractivity contribution in [1.29, 1.82) is 5.26 Å². The van der Waals surface area contributed by atoms with Crippen LogP contribution in [0.4, 0.5) is 19.0 Å². The molecule has 1 aliphatic rings. The van der Waals surface area contributed by atoms with Crippen LogP contribution in [0.15, 0.2) is 48.9 Å². The number of fused-ring (bicyclic) bond motifs is 1. The van der Waals surface area contributed by atoms with Crippen LogP contribution in [0.3, 0.4) is 0 Å². The van der Waals surface area contributed by atoms with Gasteiger partial charge in [-0.15, -0.1) is 23.7 Å². The first-order chi connectivity index (χ1) is 19.1. The van der Waals surface area contributed by atoms with Crippen molar-refractivity contribution in [2.75, 3.05) is 19.1 Å². The summed E-state index contributed by atoms with van der Waals surface area (Å²) in [7, 11) is 3.31. The molecule has 0 amide bonds. The lowest BCUT2D eigenvalue weighted by Gasteiger charge is -2.28. The number of anilines is 1. The lowest BCUT2D eigenvalue weighted by atomic mass is 10.0. The number of benzene rings is 1. The summed E-state index contributed by atoms with van der Waals surface area (Å²) < 4.78 is 44.0. The smallest absolute Gasteiger partial charge is 0.393 e. The number of methoxy groups -OCH3 is 1. The van der Waals surface area contributed by atoms with Gasteiger partial charge < -0.3 is 20.1 Å². The standard InChI is InChI=1S/C28H27F3N6O2S.ClH/c1-37(26-21-10-20(11-28(29,30)31)40-27(21)36-15-35-26)23-8-19(9-24(23)38)33-13-16-3-5-17(6-4-16)18-7-25(39-2)22(12-32)34-14-18;/h3-7,10,14-15,19,23-24,33,38H,8-9,11,13H2,1-2H3;1H/t19-,23+,24-;/m1./s1. The third-order valence-corrected chi connectivity index (χ3v) is 8.17. The Bertz CT molecular complexity index is 1540. The highest BCUT2D eigenvalue weighted by atomic mass is 35.5. The second-order valence-corrected chi connectivity index (χ2v) is 10.9. The van der Waals surface area contributed by atoms with Crippen molar-refractivity contribution in [3.63, 3.8) is 0 Å². The molecule has 3 aromatic heterocycles. The number of nitriles is 1. The van der Waals surface area contributed by atoms with Gasteiger partial charge in [0.2, 0.25) is 0 Å². The Balaban J connectivity index is 0.00000387. The highest BCUT2D eigenvalue weighted by molar-refractivity contribution is 7.18. The fourth-order valence-electron chi connectivity index (χ4n) is 5.11. The van der Waals surface area contributed by atoms with Crippen LogP contribution in [0.2, 0.25) is 0 Å². The number of nitrogens with zero attached hydrogens (tertiary/aromatic N) is 5. The molecule has 0 aliphatic heterocycles. The largest absolute Gasteiger partial charge is 0.494 e. The molecule has 3 atom stereocenters. The molecule has 1 aromatic carbocycles. The third kappa shape index (κ3) is 6.87. The van der Waals surface area contributed by atoms with Gasteiger partial charge in [-0.3, -0.25) is 0 Å². The summed E-state index contributed by atoms with van der Waals surface area (Å²) >= 11 is 1.01. The number of rotatable bonds is 8. The third-order valence-electron chi connectivity index (χ3n) is 7.12. The molecule has 3 heterocycles. The molecule has 0 saturated heterocycles. The molecule has 0 spiro atoms. The van der Waals surface area contributed by atoms with Crippen molar-refractivity contribution in [3.05, 3.63) is 65.1 Å². The molecule has 2 N–H and O–H groups in total. The van der Waals surface area contributed by atoms with Crippen molar-refractivity contribution < 1.29 is 23.0 Å². The summed E-state index contributed by atoms with van der Waals surface area (Å²) in [6, 6.07) is 13.1. The van der Waals surface area contributed by atoms with Gasteiger partial charge in [-0.1, -0.05) is 24.3 Å². The monoisotopic (exact) mass is 604 g/mol. The van der Waals surface area contributed by atoms with E-state index in [9.17, 15) is 18.3 Å². The molecule has 13 heteroatoms. The van der Waals surface area contributed by atoms with Crippen molar-refractivity contribution in [2.24, 2.45) is 0 Å². The Kier molecular flexibility index (Phi) is 9.34. The van der Waals surface area contributed by atoms with Gasteiger partial charge in [-0.05, 0) is 36.1 Å². The van der Waals surface area contributed by atoms with Crippen LogP contribution in [0.25, 0.3) is 21.3 Å². The van der Waals surface area contributed by atoms with Gasteiger partial charge in [-0.25, -0.2) is 15.0 Å². The fraction of sp³-hybridized carbons (Fsp3) is 0.357. The lowest BCUT2D eigenvalue weighted by Crippen LogP contribution is -2.38. The minimum Gasteiger partial charge on any atom is -0.494 e. The molecule has 4 aromatic rings. The van der Waals surface area contributed by atoms with Crippen molar-refractivity contribution >= 4 is 39.8 Å². The molecule has 5 rings (SSSR count). The maximum Gasteiger partial charge on any atom is 0.393 e. The van der Waals surface area contributed by atoms with Crippen molar-refractivity contribution in [2.45, 2.75) is 50.2 Å². The number of hydrogen-bond donors (Lipinski definition) is 2. The SMILES string of the molecule is COc1cc(-c2ccc(CN[C@H]3C[C@@H](O)[C@@H](N(C)c4ncnc5sc(CC(F)(F)F)cc45)C3)cc2)cnc1C#N.Cl. The molecular weight excluding hydrogens is 577 g/mol. The Morgan fingerprint density at radius 1 is 1.15 bits per heavy atom. The van der Waals surface area contributed by atoms with Gasteiger partial charge in [0, 0.05) is 36.3 Å². The van der Waals surface area contributed by atoms with Gasteiger partial charge in [0.15, 0.2) is 11.4 Å².